The molecule has 1 saturated heterocycles. The van der Waals surface area contributed by atoms with Gasteiger partial charge in [0.2, 0.25) is 11.7 Å². The van der Waals surface area contributed by atoms with Crippen molar-refractivity contribution in [2.45, 2.75) is 26.2 Å². The molecule has 8 heteroatoms. The first kappa shape index (κ1) is 26.2. The van der Waals surface area contributed by atoms with E-state index in [1.165, 1.54) is 0 Å². The van der Waals surface area contributed by atoms with Crippen LogP contribution < -0.4 is 24.3 Å². The highest BCUT2D eigenvalue weighted by Gasteiger charge is 2.41. The summed E-state index contributed by atoms with van der Waals surface area (Å²) in [4.78, 5) is 28.3. The predicted molar refractivity (Wildman–Crippen MR) is 134 cm³/mol. The number of likely N-dealkylation sites (tertiary alicyclic amines) is 1. The molecule has 3 rings (SSSR count). The molecular formula is C27H36N2O6. The normalized spacial score (nSPS) is 17.3. The first-order chi connectivity index (χ1) is 16.8. The average molecular weight is 485 g/mol. The maximum atomic E-state index is 13.3. The summed E-state index contributed by atoms with van der Waals surface area (Å²) < 4.78 is 21.7. The molecular weight excluding hydrogens is 448 g/mol. The van der Waals surface area contributed by atoms with Gasteiger partial charge in [-0.25, -0.2) is 0 Å². The average Bonchev–Trinajstić information content (AvgIpc) is 3.32. The fraction of sp³-hybridized carbons (Fsp3) is 0.481. The standard InChI is InChI=1S/C27H36N2O6/c1-17(2)11-12-28-26(30)22-16-29(27(31)18-7-9-20(32-3)10-8-18)15-21(22)19-13-23(33-4)25(35-6)24(14-19)34-5/h7-10,13-14,17,21-22H,11-12,15-16H2,1-6H3,(H,28,30). The number of hydrogen-bond donors (Lipinski definition) is 1. The number of rotatable bonds is 10. The topological polar surface area (TPSA) is 86.3 Å². The molecule has 2 aromatic rings. The zero-order chi connectivity index (χ0) is 25.5. The van der Waals surface area contributed by atoms with Crippen LogP contribution in [0.3, 0.4) is 0 Å². The van der Waals surface area contributed by atoms with Crippen molar-refractivity contribution in [1.82, 2.24) is 10.2 Å². The van der Waals surface area contributed by atoms with Gasteiger partial charge in [0.15, 0.2) is 11.5 Å². The Hall–Kier alpha value is -3.42. The summed E-state index contributed by atoms with van der Waals surface area (Å²) in [5.74, 6) is 1.86. The highest BCUT2D eigenvalue weighted by atomic mass is 16.5. The van der Waals surface area contributed by atoms with E-state index >= 15 is 0 Å². The van der Waals surface area contributed by atoms with Gasteiger partial charge in [-0.1, -0.05) is 13.8 Å². The van der Waals surface area contributed by atoms with E-state index in [9.17, 15) is 9.59 Å². The smallest absolute Gasteiger partial charge is 0.253 e. The quantitative estimate of drug-likeness (QED) is 0.553. The third-order valence-corrected chi connectivity index (χ3v) is 6.42. The molecule has 1 heterocycles. The molecule has 2 aromatic carbocycles. The van der Waals surface area contributed by atoms with Gasteiger partial charge in [0.25, 0.3) is 5.91 Å². The number of carbonyl (C=O) groups is 2. The second-order valence-electron chi connectivity index (χ2n) is 9.08. The van der Waals surface area contributed by atoms with Crippen molar-refractivity contribution in [2.24, 2.45) is 11.8 Å². The van der Waals surface area contributed by atoms with Crippen LogP contribution in [0.1, 0.15) is 42.1 Å². The molecule has 1 aliphatic heterocycles. The molecule has 0 spiro atoms. The van der Waals surface area contributed by atoms with Crippen LogP contribution in [0.15, 0.2) is 36.4 Å². The number of ether oxygens (including phenoxy) is 4. The van der Waals surface area contributed by atoms with Crippen LogP contribution >= 0.6 is 0 Å². The number of carbonyl (C=O) groups excluding carboxylic acids is 2. The fourth-order valence-electron chi connectivity index (χ4n) is 4.42. The molecule has 2 amide bonds. The van der Waals surface area contributed by atoms with Crippen LogP contribution in [0.5, 0.6) is 23.0 Å². The van der Waals surface area contributed by atoms with Gasteiger partial charge in [0.1, 0.15) is 5.75 Å². The summed E-state index contributed by atoms with van der Waals surface area (Å²) in [7, 11) is 6.26. The Morgan fingerprint density at radius 3 is 2.09 bits per heavy atom. The Morgan fingerprint density at radius 1 is 0.943 bits per heavy atom. The number of nitrogens with one attached hydrogen (secondary N) is 1. The van der Waals surface area contributed by atoms with Crippen molar-refractivity contribution < 1.29 is 28.5 Å². The zero-order valence-electron chi connectivity index (χ0n) is 21.4. The van der Waals surface area contributed by atoms with E-state index in [0.717, 1.165) is 12.0 Å². The molecule has 2 atom stereocenters. The van der Waals surface area contributed by atoms with Crippen molar-refractivity contribution in [1.29, 1.82) is 0 Å². The molecule has 0 radical (unpaired) electrons. The Balaban J connectivity index is 1.92. The highest BCUT2D eigenvalue weighted by molar-refractivity contribution is 5.95. The molecule has 0 bridgehead atoms. The lowest BCUT2D eigenvalue weighted by molar-refractivity contribution is -0.124. The Bertz CT molecular complexity index is 996. The fourth-order valence-corrected chi connectivity index (χ4v) is 4.42. The molecule has 0 aromatic heterocycles. The van der Waals surface area contributed by atoms with Gasteiger partial charge in [0.05, 0.1) is 34.4 Å². The van der Waals surface area contributed by atoms with E-state index < -0.39 is 5.92 Å². The van der Waals surface area contributed by atoms with E-state index in [2.05, 4.69) is 19.2 Å². The van der Waals surface area contributed by atoms with Gasteiger partial charge >= 0.3 is 0 Å². The van der Waals surface area contributed by atoms with E-state index in [4.69, 9.17) is 18.9 Å². The van der Waals surface area contributed by atoms with Gasteiger partial charge in [-0.3, -0.25) is 9.59 Å². The monoisotopic (exact) mass is 484 g/mol. The number of amides is 2. The Kier molecular flexibility index (Phi) is 8.84. The first-order valence-electron chi connectivity index (χ1n) is 11.8. The summed E-state index contributed by atoms with van der Waals surface area (Å²) >= 11 is 0. The molecule has 0 aliphatic carbocycles. The maximum Gasteiger partial charge on any atom is 0.253 e. The number of methoxy groups -OCH3 is 4. The molecule has 1 fully saturated rings. The Labute approximate surface area is 207 Å². The number of benzene rings is 2. The molecule has 35 heavy (non-hydrogen) atoms. The van der Waals surface area contributed by atoms with Gasteiger partial charge in [-0.15, -0.1) is 0 Å². The third-order valence-electron chi connectivity index (χ3n) is 6.42. The summed E-state index contributed by atoms with van der Waals surface area (Å²) in [6.07, 6.45) is 0.891. The van der Waals surface area contributed by atoms with E-state index in [0.29, 0.717) is 54.1 Å². The second kappa shape index (κ2) is 11.8. The van der Waals surface area contributed by atoms with E-state index in [1.807, 2.05) is 12.1 Å². The van der Waals surface area contributed by atoms with Crippen molar-refractivity contribution in [3.8, 4) is 23.0 Å². The lowest BCUT2D eigenvalue weighted by atomic mass is 9.87. The van der Waals surface area contributed by atoms with Crippen LogP contribution in [0.4, 0.5) is 0 Å². The first-order valence-corrected chi connectivity index (χ1v) is 11.8. The van der Waals surface area contributed by atoms with Gasteiger partial charge in [-0.2, -0.15) is 0 Å². The summed E-state index contributed by atoms with van der Waals surface area (Å²) in [5, 5.41) is 3.07. The third kappa shape index (κ3) is 5.99. The van der Waals surface area contributed by atoms with Gasteiger partial charge in [-0.05, 0) is 54.3 Å². The minimum Gasteiger partial charge on any atom is -0.497 e. The van der Waals surface area contributed by atoms with Crippen molar-refractivity contribution >= 4 is 11.8 Å². The number of nitrogens with zero attached hydrogens (tertiary/aromatic N) is 1. The van der Waals surface area contributed by atoms with Crippen LogP contribution in [-0.4, -0.2) is 64.8 Å². The summed E-state index contributed by atoms with van der Waals surface area (Å²) in [5.41, 5.74) is 1.41. The second-order valence-corrected chi connectivity index (χ2v) is 9.08. The van der Waals surface area contributed by atoms with Crippen molar-refractivity contribution in [3.63, 3.8) is 0 Å². The highest BCUT2D eigenvalue weighted by Crippen LogP contribution is 2.43. The summed E-state index contributed by atoms with van der Waals surface area (Å²) in [6, 6.07) is 10.7. The maximum absolute atomic E-state index is 13.3. The molecule has 2 unspecified atom stereocenters. The van der Waals surface area contributed by atoms with Crippen LogP contribution in [-0.2, 0) is 4.79 Å². The molecule has 190 valence electrons. The molecule has 1 aliphatic rings. The number of hydrogen-bond acceptors (Lipinski definition) is 6. The predicted octanol–water partition coefficient (Wildman–Crippen LogP) is 3.74. The Morgan fingerprint density at radius 2 is 1.57 bits per heavy atom. The largest absolute Gasteiger partial charge is 0.497 e. The minimum atomic E-state index is -0.410. The van der Waals surface area contributed by atoms with Gasteiger partial charge in [0, 0.05) is 31.1 Å². The lowest BCUT2D eigenvalue weighted by Crippen LogP contribution is -2.36. The SMILES string of the molecule is COc1ccc(C(=O)N2CC(C(=O)NCCC(C)C)C(c3cc(OC)c(OC)c(OC)c3)C2)cc1. The lowest BCUT2D eigenvalue weighted by Gasteiger charge is -2.21. The van der Waals surface area contributed by atoms with Crippen LogP contribution in [0.25, 0.3) is 0 Å². The van der Waals surface area contributed by atoms with Crippen LogP contribution in [0.2, 0.25) is 0 Å². The van der Waals surface area contributed by atoms with Crippen LogP contribution in [0, 0.1) is 11.8 Å². The van der Waals surface area contributed by atoms with E-state index in [1.54, 1.807) is 57.6 Å². The zero-order valence-corrected chi connectivity index (χ0v) is 21.4. The minimum absolute atomic E-state index is 0.0607. The van der Waals surface area contributed by atoms with Crippen molar-refractivity contribution in [3.05, 3.63) is 47.5 Å². The van der Waals surface area contributed by atoms with E-state index in [-0.39, 0.29) is 17.7 Å². The molecule has 0 saturated carbocycles. The molecule has 8 nitrogen and oxygen atoms in total. The molecule has 1 N–H and O–H groups in total. The van der Waals surface area contributed by atoms with Gasteiger partial charge < -0.3 is 29.2 Å². The van der Waals surface area contributed by atoms with Crippen molar-refractivity contribution in [2.75, 3.05) is 48.1 Å². The summed E-state index contributed by atoms with van der Waals surface area (Å²) in [6.45, 7) is 5.55.